The molecule has 0 radical (unpaired) electrons. The average molecular weight is 341 g/mol. The van der Waals surface area contributed by atoms with E-state index in [1.165, 1.54) is 12.1 Å². The Morgan fingerprint density at radius 1 is 1.20 bits per heavy atom. The van der Waals surface area contributed by atoms with E-state index in [0.29, 0.717) is 30.0 Å². The second kappa shape index (κ2) is 7.31. The number of nitro groups is 1. The topological polar surface area (TPSA) is 84.7 Å². The molecule has 3 rings (SSSR count). The third-order valence-electron chi connectivity index (χ3n) is 4.16. The molecule has 0 aromatic heterocycles. The van der Waals surface area contributed by atoms with Crippen LogP contribution < -0.4 is 10.2 Å². The van der Waals surface area contributed by atoms with Crippen molar-refractivity contribution in [3.8, 4) is 0 Å². The van der Waals surface area contributed by atoms with E-state index in [1.807, 2.05) is 18.2 Å². The maximum Gasteiger partial charge on any atom is 0.270 e. The molecule has 7 nitrogen and oxygen atoms in total. The normalized spacial score (nSPS) is 14.2. The van der Waals surface area contributed by atoms with Gasteiger partial charge in [0.1, 0.15) is 0 Å². The molecule has 7 heteroatoms. The van der Waals surface area contributed by atoms with Crippen molar-refractivity contribution < 1.29 is 14.5 Å². The van der Waals surface area contributed by atoms with Crippen molar-refractivity contribution in [2.24, 2.45) is 0 Å². The van der Waals surface area contributed by atoms with Crippen molar-refractivity contribution in [3.05, 3.63) is 63.7 Å². The van der Waals surface area contributed by atoms with Gasteiger partial charge >= 0.3 is 0 Å². The molecule has 1 aliphatic rings. The van der Waals surface area contributed by atoms with Gasteiger partial charge in [-0.2, -0.15) is 0 Å². The molecule has 0 spiro atoms. The minimum atomic E-state index is -0.505. The molecule has 1 fully saturated rings. The Morgan fingerprint density at radius 2 is 1.96 bits per heavy atom. The van der Waals surface area contributed by atoms with Gasteiger partial charge in [0.15, 0.2) is 0 Å². The number of nitro benzene ring substituents is 1. The highest BCUT2D eigenvalue weighted by Crippen LogP contribution is 2.22. The number of ether oxygens (including phenoxy) is 1. The van der Waals surface area contributed by atoms with Crippen LogP contribution in [0.2, 0.25) is 0 Å². The van der Waals surface area contributed by atoms with Crippen LogP contribution >= 0.6 is 0 Å². The zero-order valence-corrected chi connectivity index (χ0v) is 13.9. The molecule has 0 bridgehead atoms. The maximum atomic E-state index is 12.5. The van der Waals surface area contributed by atoms with E-state index in [-0.39, 0.29) is 11.6 Å². The summed E-state index contributed by atoms with van der Waals surface area (Å²) in [6.07, 6.45) is 0. The third-order valence-corrected chi connectivity index (χ3v) is 4.16. The molecule has 0 unspecified atom stereocenters. The molecule has 2 aromatic rings. The number of carbonyl (C=O) groups is 1. The molecule has 1 saturated heterocycles. The zero-order valence-electron chi connectivity index (χ0n) is 13.9. The Morgan fingerprint density at radius 3 is 2.68 bits per heavy atom. The van der Waals surface area contributed by atoms with Gasteiger partial charge in [-0.15, -0.1) is 0 Å². The predicted molar refractivity (Wildman–Crippen MR) is 95.3 cm³/mol. The fraction of sp³-hybridized carbons (Fsp3) is 0.278. The summed E-state index contributed by atoms with van der Waals surface area (Å²) >= 11 is 0. The summed E-state index contributed by atoms with van der Waals surface area (Å²) in [5.41, 5.74) is 2.55. The monoisotopic (exact) mass is 341 g/mol. The van der Waals surface area contributed by atoms with E-state index in [0.717, 1.165) is 18.8 Å². The molecule has 1 heterocycles. The highest BCUT2D eigenvalue weighted by Gasteiger charge is 2.16. The number of non-ortho nitro benzene ring substituents is 1. The van der Waals surface area contributed by atoms with Crippen molar-refractivity contribution in [1.82, 2.24) is 0 Å². The average Bonchev–Trinajstić information content (AvgIpc) is 2.62. The number of anilines is 2. The molecule has 0 saturated carbocycles. The van der Waals surface area contributed by atoms with Crippen LogP contribution in [0.5, 0.6) is 0 Å². The van der Waals surface area contributed by atoms with Gasteiger partial charge in [-0.25, -0.2) is 0 Å². The number of benzene rings is 2. The van der Waals surface area contributed by atoms with Gasteiger partial charge in [0.05, 0.1) is 18.1 Å². The van der Waals surface area contributed by atoms with Crippen molar-refractivity contribution in [2.75, 3.05) is 36.5 Å². The Hall–Kier alpha value is -2.93. The van der Waals surface area contributed by atoms with Crippen molar-refractivity contribution in [3.63, 3.8) is 0 Å². The van der Waals surface area contributed by atoms with Crippen molar-refractivity contribution in [2.45, 2.75) is 6.92 Å². The SMILES string of the molecule is Cc1ccc([N+](=O)[O-])cc1C(=O)Nc1cccc(N2CCOCC2)c1. The fourth-order valence-corrected chi connectivity index (χ4v) is 2.77. The number of nitrogens with one attached hydrogen (secondary N) is 1. The summed E-state index contributed by atoms with van der Waals surface area (Å²) in [6, 6.07) is 11.8. The zero-order chi connectivity index (χ0) is 17.8. The number of nitrogens with zero attached hydrogens (tertiary/aromatic N) is 2. The van der Waals surface area contributed by atoms with Crippen LogP contribution in [0.4, 0.5) is 17.1 Å². The van der Waals surface area contributed by atoms with E-state index in [4.69, 9.17) is 4.74 Å². The number of hydrogen-bond acceptors (Lipinski definition) is 5. The molecular formula is C18H19N3O4. The molecule has 1 amide bonds. The summed E-state index contributed by atoms with van der Waals surface area (Å²) in [5.74, 6) is -0.361. The number of aryl methyl sites for hydroxylation is 1. The Kier molecular flexibility index (Phi) is 4.95. The van der Waals surface area contributed by atoms with Gasteiger partial charge in [-0.1, -0.05) is 12.1 Å². The lowest BCUT2D eigenvalue weighted by Gasteiger charge is -2.29. The molecule has 1 N–H and O–H groups in total. The Bertz CT molecular complexity index is 801. The lowest BCUT2D eigenvalue weighted by molar-refractivity contribution is -0.384. The first-order valence-corrected chi connectivity index (χ1v) is 8.04. The molecule has 1 aliphatic heterocycles. The van der Waals surface area contributed by atoms with Crippen LogP contribution in [-0.4, -0.2) is 37.1 Å². The lowest BCUT2D eigenvalue weighted by Crippen LogP contribution is -2.36. The van der Waals surface area contributed by atoms with Crippen molar-refractivity contribution >= 4 is 23.0 Å². The fourth-order valence-electron chi connectivity index (χ4n) is 2.77. The van der Waals surface area contributed by atoms with Gasteiger partial charge < -0.3 is 15.0 Å². The van der Waals surface area contributed by atoms with E-state index >= 15 is 0 Å². The minimum Gasteiger partial charge on any atom is -0.378 e. The van der Waals surface area contributed by atoms with Crippen LogP contribution in [0.3, 0.4) is 0 Å². The minimum absolute atomic E-state index is 0.0992. The Balaban J connectivity index is 1.79. The predicted octanol–water partition coefficient (Wildman–Crippen LogP) is 2.99. The van der Waals surface area contributed by atoms with Crippen LogP contribution in [-0.2, 0) is 4.74 Å². The summed E-state index contributed by atoms with van der Waals surface area (Å²) in [4.78, 5) is 25.1. The first-order valence-electron chi connectivity index (χ1n) is 8.04. The number of carbonyl (C=O) groups excluding carboxylic acids is 1. The van der Waals surface area contributed by atoms with Gasteiger partial charge in [-0.3, -0.25) is 14.9 Å². The number of rotatable bonds is 4. The summed E-state index contributed by atoms with van der Waals surface area (Å²) in [6.45, 7) is 4.73. The molecule has 25 heavy (non-hydrogen) atoms. The van der Waals surface area contributed by atoms with Gasteiger partial charge in [0.2, 0.25) is 0 Å². The smallest absolute Gasteiger partial charge is 0.270 e. The molecular weight excluding hydrogens is 322 g/mol. The largest absolute Gasteiger partial charge is 0.378 e. The third kappa shape index (κ3) is 3.95. The molecule has 0 aliphatic carbocycles. The first kappa shape index (κ1) is 16.9. The van der Waals surface area contributed by atoms with E-state index in [2.05, 4.69) is 10.2 Å². The number of morpholine rings is 1. The second-order valence-corrected chi connectivity index (χ2v) is 5.86. The molecule has 2 aromatic carbocycles. The number of hydrogen-bond donors (Lipinski definition) is 1. The van der Waals surface area contributed by atoms with Crippen LogP contribution in [0.25, 0.3) is 0 Å². The van der Waals surface area contributed by atoms with Crippen LogP contribution in [0.15, 0.2) is 42.5 Å². The quantitative estimate of drug-likeness (QED) is 0.682. The highest BCUT2D eigenvalue weighted by molar-refractivity contribution is 6.05. The summed E-state index contributed by atoms with van der Waals surface area (Å²) in [5, 5.41) is 13.7. The van der Waals surface area contributed by atoms with Crippen molar-refractivity contribution in [1.29, 1.82) is 0 Å². The summed E-state index contributed by atoms with van der Waals surface area (Å²) < 4.78 is 5.35. The Labute approximate surface area is 145 Å². The first-order chi connectivity index (χ1) is 12.0. The van der Waals surface area contributed by atoms with E-state index in [9.17, 15) is 14.9 Å². The lowest BCUT2D eigenvalue weighted by atomic mass is 10.1. The maximum absolute atomic E-state index is 12.5. The van der Waals surface area contributed by atoms with Gasteiger partial charge in [0.25, 0.3) is 11.6 Å². The van der Waals surface area contributed by atoms with Crippen LogP contribution in [0, 0.1) is 17.0 Å². The standard InChI is InChI=1S/C18H19N3O4/c1-13-5-6-16(21(23)24)12-17(13)18(22)19-14-3-2-4-15(11-14)20-7-9-25-10-8-20/h2-6,11-12H,7-10H2,1H3,(H,19,22). The molecule has 130 valence electrons. The van der Waals surface area contributed by atoms with E-state index < -0.39 is 4.92 Å². The second-order valence-electron chi connectivity index (χ2n) is 5.86. The van der Waals surface area contributed by atoms with Gasteiger partial charge in [0, 0.05) is 42.2 Å². The highest BCUT2D eigenvalue weighted by atomic mass is 16.6. The van der Waals surface area contributed by atoms with E-state index in [1.54, 1.807) is 19.1 Å². The number of amides is 1. The summed E-state index contributed by atoms with van der Waals surface area (Å²) in [7, 11) is 0. The van der Waals surface area contributed by atoms with Gasteiger partial charge in [-0.05, 0) is 30.7 Å². The molecule has 0 atom stereocenters. The van der Waals surface area contributed by atoms with Crippen LogP contribution in [0.1, 0.15) is 15.9 Å².